The van der Waals surface area contributed by atoms with Gasteiger partial charge in [0.15, 0.2) is 0 Å². The van der Waals surface area contributed by atoms with Gasteiger partial charge in [-0.05, 0) is 40.5 Å². The Morgan fingerprint density at radius 1 is 1.40 bits per heavy atom. The van der Waals surface area contributed by atoms with Gasteiger partial charge in [0.25, 0.3) is 0 Å². The second-order valence-corrected chi connectivity index (χ2v) is 4.78. The maximum absolute atomic E-state index is 10.7. The fraction of sp³-hybridized carbons (Fsp3) is 0.0769. The molecule has 0 unspecified atom stereocenters. The van der Waals surface area contributed by atoms with E-state index in [1.165, 1.54) is 12.1 Å². The summed E-state index contributed by atoms with van der Waals surface area (Å²) in [5.41, 5.74) is 0.428. The van der Waals surface area contributed by atoms with E-state index in [-0.39, 0.29) is 17.3 Å². The van der Waals surface area contributed by atoms with Crippen molar-refractivity contribution >= 4 is 21.6 Å². The van der Waals surface area contributed by atoms with Gasteiger partial charge < -0.3 is 4.74 Å². The van der Waals surface area contributed by atoms with Gasteiger partial charge in [0, 0.05) is 12.1 Å². The average molecular weight is 334 g/mol. The molecule has 0 saturated carbocycles. The first-order valence-corrected chi connectivity index (χ1v) is 6.30. The largest absolute Gasteiger partial charge is 0.438 e. The van der Waals surface area contributed by atoms with Crippen LogP contribution in [-0.2, 0) is 0 Å². The lowest BCUT2D eigenvalue weighted by molar-refractivity contribution is -0.385. The lowest BCUT2D eigenvalue weighted by Crippen LogP contribution is -1.97. The molecular formula is C13H8BrN3O3. The van der Waals surface area contributed by atoms with Crippen molar-refractivity contribution in [2.75, 3.05) is 0 Å². The molecule has 0 aliphatic carbocycles. The predicted octanol–water partition coefficient (Wildman–Crippen LogP) is 3.72. The maximum atomic E-state index is 10.7. The third kappa shape index (κ3) is 2.92. The van der Waals surface area contributed by atoms with Crippen LogP contribution in [0.2, 0.25) is 0 Å². The first-order chi connectivity index (χ1) is 9.51. The molecule has 0 fully saturated rings. The Hall–Kier alpha value is -2.46. The number of halogens is 1. The van der Waals surface area contributed by atoms with Crippen LogP contribution in [0, 0.1) is 28.4 Å². The Kier molecular flexibility index (Phi) is 3.96. The van der Waals surface area contributed by atoms with Gasteiger partial charge in [-0.2, -0.15) is 10.2 Å². The minimum Gasteiger partial charge on any atom is -0.438 e. The highest BCUT2D eigenvalue weighted by molar-refractivity contribution is 9.10. The minimum absolute atomic E-state index is 0.122. The van der Waals surface area contributed by atoms with Crippen LogP contribution in [0.1, 0.15) is 11.3 Å². The van der Waals surface area contributed by atoms with E-state index in [2.05, 4.69) is 20.9 Å². The third-order valence-electron chi connectivity index (χ3n) is 2.45. The van der Waals surface area contributed by atoms with Crippen LogP contribution in [0.5, 0.6) is 11.6 Å². The number of hydrogen-bond acceptors (Lipinski definition) is 5. The first-order valence-electron chi connectivity index (χ1n) is 5.51. The summed E-state index contributed by atoms with van der Waals surface area (Å²) in [6.45, 7) is 1.94. The second kappa shape index (κ2) is 5.67. The monoisotopic (exact) mass is 333 g/mol. The molecule has 100 valence electrons. The van der Waals surface area contributed by atoms with Crippen molar-refractivity contribution in [2.45, 2.75) is 6.92 Å². The Morgan fingerprint density at radius 3 is 2.75 bits per heavy atom. The fourth-order valence-corrected chi connectivity index (χ4v) is 2.10. The van der Waals surface area contributed by atoms with Crippen LogP contribution in [0.15, 0.2) is 34.8 Å². The summed E-state index contributed by atoms with van der Waals surface area (Å²) in [6.07, 6.45) is 0. The lowest BCUT2D eigenvalue weighted by atomic mass is 10.2. The van der Waals surface area contributed by atoms with Gasteiger partial charge in [0.1, 0.15) is 11.8 Å². The van der Waals surface area contributed by atoms with Crippen LogP contribution in [-0.4, -0.2) is 9.91 Å². The van der Waals surface area contributed by atoms with Crippen LogP contribution >= 0.6 is 15.9 Å². The standard InChI is InChI=1S/C13H8BrN3O3/c1-8-2-4-12(9(14)6-8)20-13-5-3-11(17(18)19)10(7-15)16-13/h2-6H,1H3. The first kappa shape index (κ1) is 14.0. The van der Waals surface area contributed by atoms with E-state index >= 15 is 0 Å². The normalized spacial score (nSPS) is 9.85. The summed E-state index contributed by atoms with van der Waals surface area (Å²) in [6, 6.07) is 9.70. The van der Waals surface area contributed by atoms with E-state index in [0.717, 1.165) is 10.0 Å². The Bertz CT molecular complexity index is 725. The summed E-state index contributed by atoms with van der Waals surface area (Å²) >= 11 is 3.35. The molecule has 0 bridgehead atoms. The van der Waals surface area contributed by atoms with Gasteiger partial charge in [-0.25, -0.2) is 0 Å². The molecule has 0 aliphatic rings. The van der Waals surface area contributed by atoms with Crippen molar-refractivity contribution in [3.05, 3.63) is 56.2 Å². The summed E-state index contributed by atoms with van der Waals surface area (Å²) in [7, 11) is 0. The number of nitro groups is 1. The van der Waals surface area contributed by atoms with Gasteiger partial charge in [-0.15, -0.1) is 0 Å². The molecule has 0 spiro atoms. The molecule has 20 heavy (non-hydrogen) atoms. The maximum Gasteiger partial charge on any atom is 0.305 e. The average Bonchev–Trinajstić information content (AvgIpc) is 2.41. The number of aromatic nitrogens is 1. The number of nitrogens with zero attached hydrogens (tertiary/aromatic N) is 3. The zero-order valence-electron chi connectivity index (χ0n) is 10.3. The number of ether oxygens (including phenoxy) is 1. The van der Waals surface area contributed by atoms with Gasteiger partial charge in [-0.3, -0.25) is 10.1 Å². The molecule has 2 aromatic rings. The molecule has 1 heterocycles. The van der Waals surface area contributed by atoms with E-state index in [1.807, 2.05) is 19.1 Å². The highest BCUT2D eigenvalue weighted by Crippen LogP contribution is 2.30. The Balaban J connectivity index is 2.35. The highest BCUT2D eigenvalue weighted by atomic mass is 79.9. The van der Waals surface area contributed by atoms with Crippen LogP contribution < -0.4 is 4.74 Å². The van der Waals surface area contributed by atoms with E-state index in [0.29, 0.717) is 5.75 Å². The topological polar surface area (TPSA) is 89.0 Å². The molecule has 1 aromatic carbocycles. The number of hydrogen-bond donors (Lipinski definition) is 0. The molecule has 0 atom stereocenters. The van der Waals surface area contributed by atoms with E-state index in [1.54, 1.807) is 12.1 Å². The van der Waals surface area contributed by atoms with E-state index < -0.39 is 4.92 Å². The summed E-state index contributed by atoms with van der Waals surface area (Å²) in [5, 5.41) is 19.6. The molecular weight excluding hydrogens is 326 g/mol. The van der Waals surface area contributed by atoms with Crippen molar-refractivity contribution in [3.63, 3.8) is 0 Å². The molecule has 6 nitrogen and oxygen atoms in total. The Labute approximate surface area is 122 Å². The molecule has 7 heteroatoms. The van der Waals surface area contributed by atoms with Gasteiger partial charge in [-0.1, -0.05) is 6.07 Å². The van der Waals surface area contributed by atoms with Gasteiger partial charge in [0.2, 0.25) is 11.6 Å². The number of pyridine rings is 1. The van der Waals surface area contributed by atoms with Crippen molar-refractivity contribution in [3.8, 4) is 17.7 Å². The summed E-state index contributed by atoms with van der Waals surface area (Å²) in [4.78, 5) is 13.9. The summed E-state index contributed by atoms with van der Waals surface area (Å²) in [5.74, 6) is 0.637. The molecule has 0 amide bonds. The predicted molar refractivity (Wildman–Crippen MR) is 74.6 cm³/mol. The van der Waals surface area contributed by atoms with Crippen molar-refractivity contribution in [1.82, 2.24) is 4.98 Å². The second-order valence-electron chi connectivity index (χ2n) is 3.92. The zero-order chi connectivity index (χ0) is 14.7. The molecule has 0 saturated heterocycles. The van der Waals surface area contributed by atoms with Gasteiger partial charge in [0.05, 0.1) is 9.40 Å². The molecule has 0 aliphatic heterocycles. The zero-order valence-corrected chi connectivity index (χ0v) is 11.9. The molecule has 2 rings (SSSR count). The van der Waals surface area contributed by atoms with E-state index in [9.17, 15) is 10.1 Å². The highest BCUT2D eigenvalue weighted by Gasteiger charge is 2.16. The van der Waals surface area contributed by atoms with Crippen molar-refractivity contribution < 1.29 is 9.66 Å². The SMILES string of the molecule is Cc1ccc(Oc2ccc([N+](=O)[O-])c(C#N)n2)c(Br)c1. The number of aryl methyl sites for hydroxylation is 1. The molecule has 1 aromatic heterocycles. The van der Waals surface area contributed by atoms with Crippen LogP contribution in [0.25, 0.3) is 0 Å². The molecule has 0 radical (unpaired) electrons. The Morgan fingerprint density at radius 2 is 2.15 bits per heavy atom. The van der Waals surface area contributed by atoms with E-state index in [4.69, 9.17) is 10.00 Å². The fourth-order valence-electron chi connectivity index (χ4n) is 1.52. The van der Waals surface area contributed by atoms with Crippen molar-refractivity contribution in [2.24, 2.45) is 0 Å². The third-order valence-corrected chi connectivity index (χ3v) is 3.07. The number of nitriles is 1. The minimum atomic E-state index is -0.656. The number of rotatable bonds is 3. The van der Waals surface area contributed by atoms with Crippen molar-refractivity contribution in [1.29, 1.82) is 5.26 Å². The number of benzene rings is 1. The van der Waals surface area contributed by atoms with Gasteiger partial charge >= 0.3 is 5.69 Å². The lowest BCUT2D eigenvalue weighted by Gasteiger charge is -2.07. The van der Waals surface area contributed by atoms with Crippen LogP contribution in [0.3, 0.4) is 0 Å². The molecule has 0 N–H and O–H groups in total. The smallest absolute Gasteiger partial charge is 0.305 e. The summed E-state index contributed by atoms with van der Waals surface area (Å²) < 4.78 is 6.24. The van der Waals surface area contributed by atoms with Crippen LogP contribution in [0.4, 0.5) is 5.69 Å². The quantitative estimate of drug-likeness (QED) is 0.630.